The van der Waals surface area contributed by atoms with Gasteiger partial charge in [-0.1, -0.05) is 41.5 Å². The van der Waals surface area contributed by atoms with Crippen LogP contribution in [0.5, 0.6) is 0 Å². The number of hydrogen-bond acceptors (Lipinski definition) is 2. The first-order valence-corrected chi connectivity index (χ1v) is 8.26. The van der Waals surface area contributed by atoms with E-state index in [9.17, 15) is 0 Å². The lowest BCUT2D eigenvalue weighted by molar-refractivity contribution is 0.183. The van der Waals surface area contributed by atoms with E-state index in [0.29, 0.717) is 16.4 Å². The van der Waals surface area contributed by atoms with Crippen molar-refractivity contribution in [2.24, 2.45) is 16.7 Å². The molecule has 1 N–H and O–H groups in total. The van der Waals surface area contributed by atoms with Gasteiger partial charge < -0.3 is 10.2 Å². The molecule has 1 saturated heterocycles. The Morgan fingerprint density at radius 2 is 1.63 bits per heavy atom. The Kier molecular flexibility index (Phi) is 4.06. The zero-order valence-corrected chi connectivity index (χ0v) is 14.0. The summed E-state index contributed by atoms with van der Waals surface area (Å²) in [7, 11) is 0. The topological polar surface area (TPSA) is 15.3 Å². The third kappa shape index (κ3) is 2.58. The molecule has 1 heterocycles. The highest BCUT2D eigenvalue weighted by Gasteiger charge is 2.64. The van der Waals surface area contributed by atoms with Gasteiger partial charge in [0, 0.05) is 18.6 Å². The highest BCUT2D eigenvalue weighted by molar-refractivity contribution is 5.13. The van der Waals surface area contributed by atoms with E-state index in [1.54, 1.807) is 0 Å². The Labute approximate surface area is 120 Å². The van der Waals surface area contributed by atoms with Crippen LogP contribution in [0.15, 0.2) is 0 Å². The molecule has 112 valence electrons. The Bertz CT molecular complexity index is 301. The molecule has 0 spiro atoms. The van der Waals surface area contributed by atoms with Crippen LogP contribution in [0.2, 0.25) is 0 Å². The van der Waals surface area contributed by atoms with E-state index in [2.05, 4.69) is 51.8 Å². The Hall–Kier alpha value is -0.0800. The minimum atomic E-state index is 0.361. The molecule has 2 heteroatoms. The Morgan fingerprint density at radius 3 is 2.11 bits per heavy atom. The van der Waals surface area contributed by atoms with E-state index in [-0.39, 0.29) is 0 Å². The summed E-state index contributed by atoms with van der Waals surface area (Å²) in [5, 5.41) is 3.82. The van der Waals surface area contributed by atoms with Crippen molar-refractivity contribution >= 4 is 0 Å². The molecule has 0 aromatic heterocycles. The monoisotopic (exact) mass is 266 g/mol. The summed E-state index contributed by atoms with van der Waals surface area (Å²) in [4.78, 5) is 2.74. The predicted molar refractivity (Wildman–Crippen MR) is 83.4 cm³/mol. The number of rotatable bonds is 4. The molecule has 2 nitrogen and oxygen atoms in total. The summed E-state index contributed by atoms with van der Waals surface area (Å²) in [5.74, 6) is 0.865. The molecular formula is C17H34N2. The van der Waals surface area contributed by atoms with Crippen LogP contribution >= 0.6 is 0 Å². The lowest BCUT2D eigenvalue weighted by Gasteiger charge is -2.35. The fourth-order valence-electron chi connectivity index (χ4n) is 4.15. The van der Waals surface area contributed by atoms with Gasteiger partial charge in [-0.15, -0.1) is 0 Å². The summed E-state index contributed by atoms with van der Waals surface area (Å²) in [5.41, 5.74) is 1.40. The van der Waals surface area contributed by atoms with Crippen LogP contribution in [-0.2, 0) is 0 Å². The molecule has 0 unspecified atom stereocenters. The predicted octanol–water partition coefficient (Wildman–Crippen LogP) is 3.52. The first-order valence-electron chi connectivity index (χ1n) is 8.26. The van der Waals surface area contributed by atoms with E-state index in [1.807, 2.05) is 0 Å². The maximum absolute atomic E-state index is 3.82. The maximum atomic E-state index is 3.82. The van der Waals surface area contributed by atoms with Crippen molar-refractivity contribution in [1.29, 1.82) is 0 Å². The quantitative estimate of drug-likeness (QED) is 0.837. The summed E-state index contributed by atoms with van der Waals surface area (Å²) in [6.45, 7) is 19.5. The molecule has 1 aliphatic heterocycles. The van der Waals surface area contributed by atoms with E-state index >= 15 is 0 Å². The summed E-state index contributed by atoms with van der Waals surface area (Å²) >= 11 is 0. The average Bonchev–Trinajstić information content (AvgIpc) is 2.86. The molecule has 0 bridgehead atoms. The van der Waals surface area contributed by atoms with Gasteiger partial charge >= 0.3 is 0 Å². The minimum absolute atomic E-state index is 0.361. The maximum Gasteiger partial charge on any atom is 0.0303 e. The van der Waals surface area contributed by atoms with Crippen LogP contribution in [-0.4, -0.2) is 36.6 Å². The lowest BCUT2D eigenvalue weighted by Crippen LogP contribution is -2.51. The van der Waals surface area contributed by atoms with Crippen LogP contribution in [0.25, 0.3) is 0 Å². The second-order valence-corrected chi connectivity index (χ2v) is 8.00. The van der Waals surface area contributed by atoms with Crippen molar-refractivity contribution in [2.45, 2.75) is 66.3 Å². The lowest BCUT2D eigenvalue weighted by atomic mass is 9.92. The molecule has 2 rings (SSSR count). The fourth-order valence-corrected chi connectivity index (χ4v) is 4.15. The fraction of sp³-hybridized carbons (Fsp3) is 1.00. The van der Waals surface area contributed by atoms with Crippen molar-refractivity contribution < 1.29 is 0 Å². The molecule has 0 radical (unpaired) electrons. The minimum Gasteiger partial charge on any atom is -0.310 e. The van der Waals surface area contributed by atoms with Gasteiger partial charge in [-0.25, -0.2) is 0 Å². The molecule has 2 fully saturated rings. The molecule has 0 amide bonds. The van der Waals surface area contributed by atoms with E-state index in [4.69, 9.17) is 0 Å². The first-order chi connectivity index (χ1) is 8.79. The second kappa shape index (κ2) is 5.04. The smallest absolute Gasteiger partial charge is 0.0303 e. The van der Waals surface area contributed by atoms with Crippen molar-refractivity contribution in [3.8, 4) is 0 Å². The van der Waals surface area contributed by atoms with Crippen LogP contribution in [0.3, 0.4) is 0 Å². The van der Waals surface area contributed by atoms with Gasteiger partial charge in [0.1, 0.15) is 0 Å². The van der Waals surface area contributed by atoms with Crippen LogP contribution in [0.1, 0.15) is 60.8 Å². The second-order valence-electron chi connectivity index (χ2n) is 8.00. The van der Waals surface area contributed by atoms with Gasteiger partial charge in [-0.3, -0.25) is 0 Å². The van der Waals surface area contributed by atoms with E-state index in [1.165, 1.54) is 45.4 Å². The zero-order valence-electron chi connectivity index (χ0n) is 14.0. The molecular weight excluding hydrogens is 232 g/mol. The van der Waals surface area contributed by atoms with E-state index in [0.717, 1.165) is 5.92 Å². The number of nitrogens with zero attached hydrogens (tertiary/aromatic N) is 1. The molecule has 0 aromatic rings. The van der Waals surface area contributed by atoms with Gasteiger partial charge in [0.2, 0.25) is 0 Å². The van der Waals surface area contributed by atoms with Crippen LogP contribution in [0.4, 0.5) is 0 Å². The van der Waals surface area contributed by atoms with Gasteiger partial charge in [-0.2, -0.15) is 0 Å². The van der Waals surface area contributed by atoms with Gasteiger partial charge in [0.05, 0.1) is 0 Å². The van der Waals surface area contributed by atoms with Crippen molar-refractivity contribution in [3.05, 3.63) is 0 Å². The van der Waals surface area contributed by atoms with Crippen LogP contribution < -0.4 is 5.32 Å². The van der Waals surface area contributed by atoms with Gasteiger partial charge in [0.15, 0.2) is 0 Å². The summed E-state index contributed by atoms with van der Waals surface area (Å²) < 4.78 is 0. The van der Waals surface area contributed by atoms with Crippen molar-refractivity contribution in [3.63, 3.8) is 0 Å². The number of nitrogens with one attached hydrogen (secondary N) is 1. The molecule has 19 heavy (non-hydrogen) atoms. The van der Waals surface area contributed by atoms with Gasteiger partial charge in [0.25, 0.3) is 0 Å². The molecule has 1 saturated carbocycles. The Morgan fingerprint density at radius 1 is 1.05 bits per heavy atom. The average molecular weight is 266 g/mol. The SMILES string of the molecule is CCC1(CC)CN(CC2C(C)(C)C2(C)C)CCCN1. The zero-order chi connectivity index (χ0) is 14.3. The molecule has 0 aromatic carbocycles. The normalized spacial score (nSPS) is 30.0. The standard InChI is InChI=1S/C17H34N2/c1-7-17(8-2)13-19(11-9-10-18-17)12-14-15(3,4)16(14,5)6/h14,18H,7-13H2,1-6H3. The summed E-state index contributed by atoms with van der Waals surface area (Å²) in [6.07, 6.45) is 3.80. The summed E-state index contributed by atoms with van der Waals surface area (Å²) in [6, 6.07) is 0. The molecule has 1 aliphatic carbocycles. The highest BCUT2D eigenvalue weighted by Crippen LogP contribution is 2.68. The van der Waals surface area contributed by atoms with Crippen molar-refractivity contribution in [2.75, 3.05) is 26.2 Å². The molecule has 0 atom stereocenters. The van der Waals surface area contributed by atoms with Gasteiger partial charge in [-0.05, 0) is 49.1 Å². The van der Waals surface area contributed by atoms with Crippen LogP contribution in [0, 0.1) is 16.7 Å². The van der Waals surface area contributed by atoms with Crippen molar-refractivity contribution in [1.82, 2.24) is 10.2 Å². The Balaban J connectivity index is 2.01. The first kappa shape index (κ1) is 15.3. The highest BCUT2D eigenvalue weighted by atomic mass is 15.2. The largest absolute Gasteiger partial charge is 0.310 e. The van der Waals surface area contributed by atoms with E-state index < -0.39 is 0 Å². The molecule has 2 aliphatic rings. The number of hydrogen-bond donors (Lipinski definition) is 1. The third-order valence-electron chi connectivity index (χ3n) is 6.79. The third-order valence-corrected chi connectivity index (χ3v) is 6.79.